The highest BCUT2D eigenvalue weighted by Gasteiger charge is 2.32. The van der Waals surface area contributed by atoms with Gasteiger partial charge >= 0.3 is 0 Å². The van der Waals surface area contributed by atoms with Gasteiger partial charge in [0.1, 0.15) is 6.10 Å². The van der Waals surface area contributed by atoms with Crippen molar-refractivity contribution in [2.24, 2.45) is 0 Å². The Labute approximate surface area is 175 Å². The summed E-state index contributed by atoms with van der Waals surface area (Å²) in [6, 6.07) is 15.7. The van der Waals surface area contributed by atoms with Crippen molar-refractivity contribution in [2.75, 3.05) is 20.8 Å². The van der Waals surface area contributed by atoms with Gasteiger partial charge in [-0.1, -0.05) is 23.7 Å². The van der Waals surface area contributed by atoms with Gasteiger partial charge < -0.3 is 23.9 Å². The third kappa shape index (κ3) is 3.62. The van der Waals surface area contributed by atoms with Crippen molar-refractivity contribution in [3.8, 4) is 17.2 Å². The summed E-state index contributed by atoms with van der Waals surface area (Å²) in [4.78, 5) is 0. The Morgan fingerprint density at radius 2 is 1.93 bits per heavy atom. The first kappa shape index (κ1) is 19.8. The molecule has 0 aliphatic carbocycles. The lowest BCUT2D eigenvalue weighted by Crippen LogP contribution is -2.12. The van der Waals surface area contributed by atoms with E-state index in [1.54, 1.807) is 14.2 Å². The first-order chi connectivity index (χ1) is 14.2. The number of rotatable bonds is 6. The lowest BCUT2D eigenvalue weighted by Gasteiger charge is -2.25. The molecular formula is C23H24ClNO4. The largest absolute Gasteiger partial charge is 0.493 e. The number of aromatic nitrogens is 1. The van der Waals surface area contributed by atoms with Gasteiger partial charge in [0.25, 0.3) is 0 Å². The highest BCUT2D eigenvalue weighted by atomic mass is 35.5. The van der Waals surface area contributed by atoms with Gasteiger partial charge in [0.15, 0.2) is 11.5 Å². The summed E-state index contributed by atoms with van der Waals surface area (Å²) >= 11 is 6.38. The fourth-order valence-corrected chi connectivity index (χ4v) is 4.17. The molecule has 0 bridgehead atoms. The molecule has 2 heterocycles. The molecular weight excluding hydrogens is 390 g/mol. The zero-order valence-electron chi connectivity index (χ0n) is 16.5. The summed E-state index contributed by atoms with van der Waals surface area (Å²) in [7, 11) is 3.25. The third-order valence-electron chi connectivity index (χ3n) is 5.28. The SMILES string of the molecule is COc1cccc([C@H]2O[C@H](CCCO)c3cccn3-c3ccc(Cl)cc32)c1OC. The summed E-state index contributed by atoms with van der Waals surface area (Å²) in [5.74, 6) is 1.28. The van der Waals surface area contributed by atoms with E-state index in [1.165, 1.54) is 0 Å². The summed E-state index contributed by atoms with van der Waals surface area (Å²) in [6.45, 7) is 0.118. The number of nitrogens with zero attached hydrogens (tertiary/aromatic N) is 1. The van der Waals surface area contributed by atoms with Crippen LogP contribution in [0.1, 0.15) is 41.9 Å². The maximum atomic E-state index is 9.39. The van der Waals surface area contributed by atoms with Crippen LogP contribution in [0.4, 0.5) is 0 Å². The quantitative estimate of drug-likeness (QED) is 0.612. The maximum Gasteiger partial charge on any atom is 0.166 e. The second-order valence-corrected chi connectivity index (χ2v) is 7.40. The van der Waals surface area contributed by atoms with Gasteiger partial charge in [-0.05, 0) is 49.2 Å². The number of aliphatic hydroxyl groups is 1. The Bertz CT molecular complexity index is 1000. The topological polar surface area (TPSA) is 52.8 Å². The highest BCUT2D eigenvalue weighted by Crippen LogP contribution is 2.46. The zero-order chi connectivity index (χ0) is 20.4. The number of ether oxygens (including phenoxy) is 3. The number of fused-ring (bicyclic) bond motifs is 3. The van der Waals surface area contributed by atoms with E-state index in [9.17, 15) is 5.11 Å². The van der Waals surface area contributed by atoms with Crippen LogP contribution in [0.2, 0.25) is 5.02 Å². The van der Waals surface area contributed by atoms with E-state index in [-0.39, 0.29) is 12.7 Å². The first-order valence-electron chi connectivity index (χ1n) is 9.62. The monoisotopic (exact) mass is 413 g/mol. The summed E-state index contributed by atoms with van der Waals surface area (Å²) in [5.41, 5.74) is 3.88. The minimum Gasteiger partial charge on any atom is -0.493 e. The van der Waals surface area contributed by atoms with Crippen LogP contribution in [0.5, 0.6) is 11.5 Å². The van der Waals surface area contributed by atoms with Gasteiger partial charge in [-0.3, -0.25) is 0 Å². The molecule has 0 saturated heterocycles. The molecule has 152 valence electrons. The predicted molar refractivity (Wildman–Crippen MR) is 112 cm³/mol. The summed E-state index contributed by atoms with van der Waals surface area (Å²) < 4.78 is 20.0. The molecule has 0 unspecified atom stereocenters. The van der Waals surface area contributed by atoms with Crippen molar-refractivity contribution in [1.29, 1.82) is 0 Å². The van der Waals surface area contributed by atoms with Crippen LogP contribution in [-0.2, 0) is 4.74 Å². The molecule has 1 aliphatic heterocycles. The van der Waals surface area contributed by atoms with Crippen molar-refractivity contribution in [3.63, 3.8) is 0 Å². The van der Waals surface area contributed by atoms with Gasteiger partial charge in [-0.15, -0.1) is 0 Å². The number of para-hydroxylation sites is 1. The summed E-state index contributed by atoms with van der Waals surface area (Å²) in [6.07, 6.45) is 2.78. The van der Waals surface area contributed by atoms with Gasteiger partial charge in [0, 0.05) is 29.0 Å². The number of aliphatic hydroxyl groups excluding tert-OH is 1. The highest BCUT2D eigenvalue weighted by molar-refractivity contribution is 6.30. The smallest absolute Gasteiger partial charge is 0.166 e. The van der Waals surface area contributed by atoms with E-state index >= 15 is 0 Å². The van der Waals surface area contributed by atoms with E-state index in [0.717, 1.165) is 22.5 Å². The van der Waals surface area contributed by atoms with Crippen LogP contribution in [0.15, 0.2) is 54.7 Å². The lowest BCUT2D eigenvalue weighted by atomic mass is 9.98. The van der Waals surface area contributed by atoms with Crippen LogP contribution in [0, 0.1) is 0 Å². The lowest BCUT2D eigenvalue weighted by molar-refractivity contribution is -0.00213. The molecule has 3 aromatic rings. The Morgan fingerprint density at radius 3 is 2.69 bits per heavy atom. The molecule has 5 nitrogen and oxygen atoms in total. The molecule has 0 saturated carbocycles. The Morgan fingerprint density at radius 1 is 1.07 bits per heavy atom. The molecule has 1 N–H and O–H groups in total. The molecule has 0 radical (unpaired) electrons. The van der Waals surface area contributed by atoms with Crippen molar-refractivity contribution in [3.05, 3.63) is 76.6 Å². The van der Waals surface area contributed by atoms with E-state index in [4.69, 9.17) is 25.8 Å². The van der Waals surface area contributed by atoms with Crippen molar-refractivity contribution in [1.82, 2.24) is 4.57 Å². The Balaban J connectivity index is 1.92. The molecule has 1 aromatic heterocycles. The Hall–Kier alpha value is -2.47. The van der Waals surface area contributed by atoms with Crippen LogP contribution < -0.4 is 9.47 Å². The van der Waals surface area contributed by atoms with Crippen molar-refractivity contribution >= 4 is 11.6 Å². The second kappa shape index (κ2) is 8.49. The summed E-state index contributed by atoms with van der Waals surface area (Å²) in [5, 5.41) is 10.0. The molecule has 29 heavy (non-hydrogen) atoms. The van der Waals surface area contributed by atoms with Crippen LogP contribution >= 0.6 is 11.6 Å². The average molecular weight is 414 g/mol. The average Bonchev–Trinajstić information content (AvgIpc) is 3.18. The predicted octanol–water partition coefficient (Wildman–Crippen LogP) is 5.08. The Kier molecular flexibility index (Phi) is 5.81. The maximum absolute atomic E-state index is 9.39. The van der Waals surface area contributed by atoms with Crippen molar-refractivity contribution in [2.45, 2.75) is 25.0 Å². The second-order valence-electron chi connectivity index (χ2n) is 6.96. The fourth-order valence-electron chi connectivity index (χ4n) is 3.99. The van der Waals surface area contributed by atoms with E-state index < -0.39 is 6.10 Å². The minimum atomic E-state index is -0.405. The number of hydrogen-bond acceptors (Lipinski definition) is 4. The molecule has 1 aliphatic rings. The molecule has 4 rings (SSSR count). The van der Waals surface area contributed by atoms with E-state index in [2.05, 4.69) is 10.6 Å². The third-order valence-corrected chi connectivity index (χ3v) is 5.52. The number of benzene rings is 2. The van der Waals surface area contributed by atoms with Crippen molar-refractivity contribution < 1.29 is 19.3 Å². The van der Waals surface area contributed by atoms with Crippen LogP contribution in [-0.4, -0.2) is 30.5 Å². The van der Waals surface area contributed by atoms with E-state index in [0.29, 0.717) is 29.4 Å². The van der Waals surface area contributed by atoms with Gasteiger partial charge in [0.2, 0.25) is 0 Å². The normalized spacial score (nSPS) is 17.9. The molecule has 0 amide bonds. The molecule has 2 aromatic carbocycles. The zero-order valence-corrected chi connectivity index (χ0v) is 17.2. The minimum absolute atomic E-state index is 0.118. The van der Waals surface area contributed by atoms with Crippen LogP contribution in [0.25, 0.3) is 5.69 Å². The van der Waals surface area contributed by atoms with Gasteiger partial charge in [0.05, 0.1) is 31.7 Å². The van der Waals surface area contributed by atoms with Crippen LogP contribution in [0.3, 0.4) is 0 Å². The molecule has 2 atom stereocenters. The fraction of sp³-hybridized carbons (Fsp3) is 0.304. The van der Waals surface area contributed by atoms with Gasteiger partial charge in [-0.2, -0.15) is 0 Å². The van der Waals surface area contributed by atoms with E-state index in [1.807, 2.05) is 48.7 Å². The standard InChI is InChI=1S/C23H24ClNO4/c1-27-21-8-3-6-16(23(21)28-2)22-17-14-15(24)10-11-18(17)25-12-4-7-19(25)20(29-22)9-5-13-26/h3-4,6-8,10-12,14,20,22,26H,5,9,13H2,1-2H3/t20-,22-/m1/s1. The number of halogens is 1. The molecule has 6 heteroatoms. The van der Waals surface area contributed by atoms with Gasteiger partial charge in [-0.25, -0.2) is 0 Å². The molecule has 0 spiro atoms. The first-order valence-corrected chi connectivity index (χ1v) is 10.00. The number of hydrogen-bond donors (Lipinski definition) is 1. The number of methoxy groups -OCH3 is 2. The molecule has 0 fully saturated rings.